The Morgan fingerprint density at radius 3 is 2.76 bits per heavy atom. The molecule has 7 heteroatoms. The standard InChI is InChI=1S/C14H17ClN4O2/c1-4-9(14(20)17-2)10(8-12(15)16)19-13-11(21-3)6-5-7-18-13/h4-8,16H,1-3H3,(H,17,20)(H,18,19)/b9-4+,10-8+,16-12?. The highest BCUT2D eigenvalue weighted by molar-refractivity contribution is 6.67. The first kappa shape index (κ1) is 16.7. The van der Waals surface area contributed by atoms with Crippen LogP contribution in [0.5, 0.6) is 5.75 Å². The van der Waals surface area contributed by atoms with Crippen molar-refractivity contribution < 1.29 is 9.53 Å². The van der Waals surface area contributed by atoms with E-state index in [4.69, 9.17) is 21.7 Å². The highest BCUT2D eigenvalue weighted by atomic mass is 35.5. The topological polar surface area (TPSA) is 87.1 Å². The van der Waals surface area contributed by atoms with Gasteiger partial charge in [-0.2, -0.15) is 0 Å². The number of methoxy groups -OCH3 is 1. The lowest BCUT2D eigenvalue weighted by Crippen LogP contribution is -2.23. The fourth-order valence-corrected chi connectivity index (χ4v) is 1.74. The number of nitrogens with zero attached hydrogens (tertiary/aromatic N) is 1. The lowest BCUT2D eigenvalue weighted by molar-refractivity contribution is -0.116. The van der Waals surface area contributed by atoms with Gasteiger partial charge in [0.2, 0.25) is 0 Å². The molecule has 3 N–H and O–H groups in total. The number of pyridine rings is 1. The molecule has 0 spiro atoms. The van der Waals surface area contributed by atoms with Crippen LogP contribution in [0.3, 0.4) is 0 Å². The van der Waals surface area contributed by atoms with Crippen molar-refractivity contribution in [3.05, 3.63) is 41.8 Å². The third-order valence-electron chi connectivity index (χ3n) is 2.57. The Kier molecular flexibility index (Phi) is 6.42. The molecular formula is C14H17ClN4O2. The van der Waals surface area contributed by atoms with E-state index in [1.165, 1.54) is 20.2 Å². The van der Waals surface area contributed by atoms with Crippen molar-refractivity contribution in [3.63, 3.8) is 0 Å². The Balaban J connectivity index is 3.22. The molecule has 0 bridgehead atoms. The predicted octanol–water partition coefficient (Wildman–Crippen LogP) is 2.29. The summed E-state index contributed by atoms with van der Waals surface area (Å²) >= 11 is 5.62. The molecule has 0 aliphatic heterocycles. The number of hydrogen-bond donors (Lipinski definition) is 3. The van der Waals surface area contributed by atoms with Gasteiger partial charge in [0.25, 0.3) is 5.91 Å². The van der Waals surface area contributed by atoms with Crippen molar-refractivity contribution in [1.29, 1.82) is 5.41 Å². The molecule has 1 heterocycles. The molecule has 112 valence electrons. The Morgan fingerprint density at radius 1 is 1.52 bits per heavy atom. The van der Waals surface area contributed by atoms with Crippen molar-refractivity contribution >= 4 is 28.5 Å². The van der Waals surface area contributed by atoms with E-state index in [0.717, 1.165) is 0 Å². The molecule has 21 heavy (non-hydrogen) atoms. The largest absolute Gasteiger partial charge is 0.493 e. The predicted molar refractivity (Wildman–Crippen MR) is 83.9 cm³/mol. The second-order valence-electron chi connectivity index (χ2n) is 3.87. The fraction of sp³-hybridized carbons (Fsp3) is 0.214. The van der Waals surface area contributed by atoms with Gasteiger partial charge in [-0.1, -0.05) is 17.7 Å². The molecule has 6 nitrogen and oxygen atoms in total. The second kappa shape index (κ2) is 8.06. The normalized spacial score (nSPS) is 11.8. The Labute approximate surface area is 128 Å². The molecule has 0 unspecified atom stereocenters. The number of nitrogens with one attached hydrogen (secondary N) is 3. The fourth-order valence-electron chi connectivity index (χ4n) is 1.63. The van der Waals surface area contributed by atoms with E-state index in [1.807, 2.05) is 0 Å². The van der Waals surface area contributed by atoms with Gasteiger partial charge in [0.15, 0.2) is 11.6 Å². The van der Waals surface area contributed by atoms with E-state index >= 15 is 0 Å². The molecule has 0 saturated heterocycles. The van der Waals surface area contributed by atoms with Crippen LogP contribution in [-0.2, 0) is 4.79 Å². The molecule has 1 rings (SSSR count). The number of aromatic nitrogens is 1. The molecule has 1 amide bonds. The first-order chi connectivity index (χ1) is 10.0. The van der Waals surface area contributed by atoms with Crippen molar-refractivity contribution in [2.24, 2.45) is 0 Å². The first-order valence-corrected chi connectivity index (χ1v) is 6.51. The SMILES string of the molecule is C/C=C(C(=O)NC)\C(=C/C(=N)Cl)Nc1ncccc1OC. The van der Waals surface area contributed by atoms with Crippen molar-refractivity contribution in [3.8, 4) is 5.75 Å². The van der Waals surface area contributed by atoms with Crippen LogP contribution < -0.4 is 15.4 Å². The zero-order valence-corrected chi connectivity index (χ0v) is 12.8. The highest BCUT2D eigenvalue weighted by Crippen LogP contribution is 2.24. The van der Waals surface area contributed by atoms with Gasteiger partial charge in [0.1, 0.15) is 5.17 Å². The zero-order chi connectivity index (χ0) is 15.8. The Bertz CT molecular complexity index is 596. The molecule has 0 aliphatic rings. The molecule has 1 aromatic heterocycles. The van der Waals surface area contributed by atoms with Gasteiger partial charge in [-0.15, -0.1) is 0 Å². The van der Waals surface area contributed by atoms with E-state index in [-0.39, 0.29) is 11.1 Å². The number of amides is 1. The van der Waals surface area contributed by atoms with Crippen LogP contribution in [0.15, 0.2) is 41.8 Å². The number of halogens is 1. The molecular weight excluding hydrogens is 292 g/mol. The minimum atomic E-state index is -0.302. The monoisotopic (exact) mass is 308 g/mol. The summed E-state index contributed by atoms with van der Waals surface area (Å²) in [6.45, 7) is 1.72. The molecule has 0 aliphatic carbocycles. The maximum atomic E-state index is 11.9. The van der Waals surface area contributed by atoms with Gasteiger partial charge < -0.3 is 15.4 Å². The minimum Gasteiger partial charge on any atom is -0.493 e. The van der Waals surface area contributed by atoms with Crippen LogP contribution in [0, 0.1) is 5.41 Å². The number of ether oxygens (including phenoxy) is 1. The van der Waals surface area contributed by atoms with Crippen molar-refractivity contribution in [1.82, 2.24) is 10.3 Å². The number of carbonyl (C=O) groups is 1. The van der Waals surface area contributed by atoms with Crippen LogP contribution in [0.4, 0.5) is 5.82 Å². The van der Waals surface area contributed by atoms with Gasteiger partial charge in [-0.3, -0.25) is 10.2 Å². The van der Waals surface area contributed by atoms with Crippen LogP contribution in [-0.4, -0.2) is 30.2 Å². The molecule has 0 saturated carbocycles. The zero-order valence-electron chi connectivity index (χ0n) is 12.0. The second-order valence-corrected chi connectivity index (χ2v) is 4.27. The first-order valence-electron chi connectivity index (χ1n) is 6.14. The smallest absolute Gasteiger partial charge is 0.252 e. The van der Waals surface area contributed by atoms with Crippen molar-refractivity contribution in [2.45, 2.75) is 6.92 Å². The Hall–Kier alpha value is -2.34. The summed E-state index contributed by atoms with van der Waals surface area (Å²) in [5.74, 6) is 0.633. The van der Waals surface area contributed by atoms with Gasteiger partial charge in [0, 0.05) is 13.2 Å². The summed E-state index contributed by atoms with van der Waals surface area (Å²) in [5, 5.41) is 12.7. The van der Waals surface area contributed by atoms with E-state index < -0.39 is 0 Å². The molecule has 0 fully saturated rings. The summed E-state index contributed by atoms with van der Waals surface area (Å²) in [7, 11) is 3.04. The summed E-state index contributed by atoms with van der Waals surface area (Å²) in [4.78, 5) is 16.0. The summed E-state index contributed by atoms with van der Waals surface area (Å²) < 4.78 is 5.19. The number of hydrogen-bond acceptors (Lipinski definition) is 5. The van der Waals surface area contributed by atoms with Crippen LogP contribution in [0.2, 0.25) is 0 Å². The number of likely N-dealkylation sites (N-methyl/N-ethyl adjacent to an activating group) is 1. The molecule has 1 aromatic rings. The third-order valence-corrected chi connectivity index (χ3v) is 2.67. The molecule has 0 aromatic carbocycles. The van der Waals surface area contributed by atoms with E-state index in [0.29, 0.717) is 22.8 Å². The molecule has 0 atom stereocenters. The summed E-state index contributed by atoms with van der Waals surface area (Å²) in [6, 6.07) is 3.46. The Morgan fingerprint density at radius 2 is 2.24 bits per heavy atom. The average Bonchev–Trinajstić information content (AvgIpc) is 2.47. The maximum absolute atomic E-state index is 11.9. The lowest BCUT2D eigenvalue weighted by Gasteiger charge is -2.14. The lowest BCUT2D eigenvalue weighted by atomic mass is 10.1. The summed E-state index contributed by atoms with van der Waals surface area (Å²) in [5.41, 5.74) is 0.699. The highest BCUT2D eigenvalue weighted by Gasteiger charge is 2.15. The number of rotatable bonds is 6. The van der Waals surface area contributed by atoms with Crippen molar-refractivity contribution in [2.75, 3.05) is 19.5 Å². The minimum absolute atomic E-state index is 0.212. The van der Waals surface area contributed by atoms with Gasteiger partial charge in [0.05, 0.1) is 18.4 Å². The number of anilines is 1. The number of carbonyl (C=O) groups excluding carboxylic acids is 1. The van der Waals surface area contributed by atoms with Gasteiger partial charge in [-0.25, -0.2) is 4.98 Å². The van der Waals surface area contributed by atoms with Crippen LogP contribution in [0.25, 0.3) is 0 Å². The quantitative estimate of drug-likeness (QED) is 0.427. The van der Waals surface area contributed by atoms with Gasteiger partial charge in [-0.05, 0) is 25.1 Å². The van der Waals surface area contributed by atoms with Crippen LogP contribution >= 0.6 is 11.6 Å². The average molecular weight is 309 g/mol. The third kappa shape index (κ3) is 4.61. The van der Waals surface area contributed by atoms with E-state index in [1.54, 1.807) is 31.3 Å². The maximum Gasteiger partial charge on any atom is 0.252 e. The van der Waals surface area contributed by atoms with Gasteiger partial charge >= 0.3 is 0 Å². The summed E-state index contributed by atoms with van der Waals surface area (Å²) in [6.07, 6.45) is 4.54. The van der Waals surface area contributed by atoms with Crippen LogP contribution in [0.1, 0.15) is 6.92 Å². The van der Waals surface area contributed by atoms with E-state index in [9.17, 15) is 4.79 Å². The number of allylic oxidation sites excluding steroid dienone is 2. The molecule has 0 radical (unpaired) electrons. The van der Waals surface area contributed by atoms with E-state index in [2.05, 4.69) is 15.6 Å².